The zero-order chi connectivity index (χ0) is 19.8. The number of methoxy groups -OCH3 is 1. The Hall–Kier alpha value is -2.33. The lowest BCUT2D eigenvalue weighted by molar-refractivity contribution is 0.0752. The Kier molecular flexibility index (Phi) is 7.86. The van der Waals surface area contributed by atoms with Gasteiger partial charge in [-0.25, -0.2) is 0 Å². The van der Waals surface area contributed by atoms with E-state index in [9.17, 15) is 4.79 Å². The number of hydrogen-bond acceptors (Lipinski definition) is 3. The molecule has 0 spiro atoms. The predicted octanol–water partition coefficient (Wildman–Crippen LogP) is 4.59. The van der Waals surface area contributed by atoms with E-state index >= 15 is 0 Å². The van der Waals surface area contributed by atoms with Crippen LogP contribution in [0.4, 0.5) is 0 Å². The summed E-state index contributed by atoms with van der Waals surface area (Å²) >= 11 is 0. The van der Waals surface area contributed by atoms with Crippen LogP contribution in [0.1, 0.15) is 49.2 Å². The summed E-state index contributed by atoms with van der Waals surface area (Å²) in [6.45, 7) is 11.8. The molecule has 4 heteroatoms. The molecular formula is C23H32N2O2. The standard InChI is InChI=1S/C23H32N2O2/c1-6-24(18(3)4)16-19-8-12-21(13-9-19)23(26)25(7-2)17-20-10-14-22(27-5)15-11-20/h8-15,18H,6-7,16-17H2,1-5H3. The lowest BCUT2D eigenvalue weighted by Gasteiger charge is -2.25. The average Bonchev–Trinajstić information content (AvgIpc) is 2.70. The molecule has 0 saturated heterocycles. The zero-order valence-corrected chi connectivity index (χ0v) is 17.2. The van der Waals surface area contributed by atoms with Crippen molar-refractivity contribution in [2.45, 2.75) is 46.8 Å². The summed E-state index contributed by atoms with van der Waals surface area (Å²) in [5.74, 6) is 0.891. The van der Waals surface area contributed by atoms with Gasteiger partial charge in [0.2, 0.25) is 0 Å². The highest BCUT2D eigenvalue weighted by Crippen LogP contribution is 2.16. The highest BCUT2D eigenvalue weighted by Gasteiger charge is 2.15. The predicted molar refractivity (Wildman–Crippen MR) is 111 cm³/mol. The van der Waals surface area contributed by atoms with Gasteiger partial charge in [-0.2, -0.15) is 0 Å². The number of carbonyl (C=O) groups excluding carboxylic acids is 1. The van der Waals surface area contributed by atoms with Crippen LogP contribution in [0, 0.1) is 0 Å². The molecule has 0 N–H and O–H groups in total. The van der Waals surface area contributed by atoms with E-state index in [4.69, 9.17) is 4.74 Å². The largest absolute Gasteiger partial charge is 0.497 e. The van der Waals surface area contributed by atoms with E-state index in [0.29, 0.717) is 19.1 Å². The van der Waals surface area contributed by atoms with E-state index in [-0.39, 0.29) is 5.91 Å². The smallest absolute Gasteiger partial charge is 0.254 e. The van der Waals surface area contributed by atoms with Crippen molar-refractivity contribution in [1.29, 1.82) is 0 Å². The Labute approximate surface area is 163 Å². The van der Waals surface area contributed by atoms with E-state index < -0.39 is 0 Å². The van der Waals surface area contributed by atoms with Crippen molar-refractivity contribution in [2.24, 2.45) is 0 Å². The number of carbonyl (C=O) groups is 1. The average molecular weight is 369 g/mol. The van der Waals surface area contributed by atoms with Crippen LogP contribution in [0.3, 0.4) is 0 Å². The number of benzene rings is 2. The first-order valence-corrected chi connectivity index (χ1v) is 9.73. The number of amides is 1. The summed E-state index contributed by atoms with van der Waals surface area (Å²) in [5, 5.41) is 0. The van der Waals surface area contributed by atoms with E-state index in [1.807, 2.05) is 48.2 Å². The summed E-state index contributed by atoms with van der Waals surface area (Å²) in [6.07, 6.45) is 0. The van der Waals surface area contributed by atoms with Gasteiger partial charge in [0.05, 0.1) is 7.11 Å². The molecule has 0 fully saturated rings. The number of rotatable bonds is 9. The van der Waals surface area contributed by atoms with Crippen molar-refractivity contribution in [3.8, 4) is 5.75 Å². The summed E-state index contributed by atoms with van der Waals surface area (Å²) in [4.78, 5) is 17.2. The Morgan fingerprint density at radius 2 is 1.44 bits per heavy atom. The minimum Gasteiger partial charge on any atom is -0.497 e. The second-order valence-electron chi connectivity index (χ2n) is 7.02. The number of nitrogens with zero attached hydrogens (tertiary/aromatic N) is 2. The van der Waals surface area contributed by atoms with Crippen LogP contribution in [-0.2, 0) is 13.1 Å². The van der Waals surface area contributed by atoms with Crippen LogP contribution < -0.4 is 4.74 Å². The molecule has 0 aliphatic rings. The molecule has 4 nitrogen and oxygen atoms in total. The third-order valence-electron chi connectivity index (χ3n) is 4.92. The molecule has 0 aliphatic carbocycles. The normalized spacial score (nSPS) is 11.1. The highest BCUT2D eigenvalue weighted by molar-refractivity contribution is 5.94. The molecule has 0 unspecified atom stereocenters. The van der Waals surface area contributed by atoms with Gasteiger partial charge in [0.15, 0.2) is 0 Å². The fourth-order valence-corrected chi connectivity index (χ4v) is 3.11. The quantitative estimate of drug-likeness (QED) is 0.649. The van der Waals surface area contributed by atoms with Gasteiger partial charge in [0.25, 0.3) is 5.91 Å². The fraction of sp³-hybridized carbons (Fsp3) is 0.435. The Morgan fingerprint density at radius 1 is 0.889 bits per heavy atom. The molecule has 0 heterocycles. The van der Waals surface area contributed by atoms with Crippen molar-refractivity contribution < 1.29 is 9.53 Å². The van der Waals surface area contributed by atoms with Crippen molar-refractivity contribution >= 4 is 5.91 Å². The van der Waals surface area contributed by atoms with Gasteiger partial charge < -0.3 is 9.64 Å². The molecule has 1 amide bonds. The van der Waals surface area contributed by atoms with Crippen LogP contribution >= 0.6 is 0 Å². The minimum absolute atomic E-state index is 0.0658. The van der Waals surface area contributed by atoms with Crippen LogP contribution in [0.5, 0.6) is 5.75 Å². The molecule has 0 bridgehead atoms. The molecule has 146 valence electrons. The van der Waals surface area contributed by atoms with Crippen LogP contribution in [0.25, 0.3) is 0 Å². The Morgan fingerprint density at radius 3 is 1.93 bits per heavy atom. The number of ether oxygens (including phenoxy) is 1. The van der Waals surface area contributed by atoms with Crippen LogP contribution in [0.2, 0.25) is 0 Å². The third-order valence-corrected chi connectivity index (χ3v) is 4.92. The van der Waals surface area contributed by atoms with Crippen molar-refractivity contribution in [3.63, 3.8) is 0 Å². The van der Waals surface area contributed by atoms with Gasteiger partial charge in [-0.15, -0.1) is 0 Å². The Bertz CT molecular complexity index is 708. The second kappa shape index (κ2) is 10.1. The van der Waals surface area contributed by atoms with Gasteiger partial charge in [-0.1, -0.05) is 31.2 Å². The maximum atomic E-state index is 12.9. The zero-order valence-electron chi connectivity index (χ0n) is 17.2. The van der Waals surface area contributed by atoms with Crippen LogP contribution in [-0.4, -0.2) is 41.9 Å². The van der Waals surface area contributed by atoms with E-state index in [1.54, 1.807) is 7.11 Å². The lowest BCUT2D eigenvalue weighted by Crippen LogP contribution is -2.31. The highest BCUT2D eigenvalue weighted by atomic mass is 16.5. The van der Waals surface area contributed by atoms with Gasteiger partial charge in [-0.3, -0.25) is 9.69 Å². The van der Waals surface area contributed by atoms with Crippen molar-refractivity contribution in [3.05, 3.63) is 65.2 Å². The molecule has 0 aliphatic heterocycles. The van der Waals surface area contributed by atoms with E-state index in [0.717, 1.165) is 30.0 Å². The first-order chi connectivity index (χ1) is 13.0. The summed E-state index contributed by atoms with van der Waals surface area (Å²) in [5.41, 5.74) is 3.07. The topological polar surface area (TPSA) is 32.8 Å². The minimum atomic E-state index is 0.0658. The molecule has 27 heavy (non-hydrogen) atoms. The molecule has 2 aromatic rings. The fourth-order valence-electron chi connectivity index (χ4n) is 3.11. The second-order valence-corrected chi connectivity index (χ2v) is 7.02. The summed E-state index contributed by atoms with van der Waals surface area (Å²) < 4.78 is 5.19. The van der Waals surface area contributed by atoms with Gasteiger partial charge in [-0.05, 0) is 62.7 Å². The van der Waals surface area contributed by atoms with Gasteiger partial charge >= 0.3 is 0 Å². The lowest BCUT2D eigenvalue weighted by atomic mass is 10.1. The van der Waals surface area contributed by atoms with Crippen molar-refractivity contribution in [1.82, 2.24) is 9.80 Å². The van der Waals surface area contributed by atoms with Gasteiger partial charge in [0.1, 0.15) is 5.75 Å². The number of hydrogen-bond donors (Lipinski definition) is 0. The molecule has 2 aromatic carbocycles. The maximum absolute atomic E-state index is 12.9. The summed E-state index contributed by atoms with van der Waals surface area (Å²) in [6, 6.07) is 16.4. The molecule has 0 radical (unpaired) electrons. The van der Waals surface area contributed by atoms with Gasteiger partial charge in [0, 0.05) is 31.2 Å². The van der Waals surface area contributed by atoms with Crippen LogP contribution in [0.15, 0.2) is 48.5 Å². The molecule has 0 aromatic heterocycles. The first kappa shape index (κ1) is 21.0. The Balaban J connectivity index is 2.05. The monoisotopic (exact) mass is 368 g/mol. The molecular weight excluding hydrogens is 336 g/mol. The molecule has 2 rings (SSSR count). The SMILES string of the molecule is CCN(Cc1ccc(OC)cc1)C(=O)c1ccc(CN(CC)C(C)C)cc1. The molecule has 0 saturated carbocycles. The third kappa shape index (κ3) is 5.83. The molecule has 0 atom stereocenters. The first-order valence-electron chi connectivity index (χ1n) is 9.73. The van der Waals surface area contributed by atoms with Crippen molar-refractivity contribution in [2.75, 3.05) is 20.2 Å². The van der Waals surface area contributed by atoms with E-state index in [1.165, 1.54) is 5.56 Å². The summed E-state index contributed by atoms with van der Waals surface area (Å²) in [7, 11) is 1.65. The maximum Gasteiger partial charge on any atom is 0.254 e. The van der Waals surface area contributed by atoms with E-state index in [2.05, 4.69) is 37.8 Å².